The molecule has 1 amide bonds. The molecule has 94 valence electrons. The molecule has 0 spiro atoms. The van der Waals surface area contributed by atoms with E-state index >= 15 is 0 Å². The normalized spacial score (nSPS) is 10.1. The molecule has 0 heterocycles. The van der Waals surface area contributed by atoms with Crippen molar-refractivity contribution in [3.8, 4) is 0 Å². The fourth-order valence-electron chi connectivity index (χ4n) is 1.51. The molecule has 5 heteroatoms. The number of aliphatic hydroxyl groups is 1. The van der Waals surface area contributed by atoms with Crippen LogP contribution in [0.15, 0.2) is 18.2 Å². The zero-order valence-corrected chi connectivity index (χ0v) is 10.8. The Bertz CT molecular complexity index is 396. The van der Waals surface area contributed by atoms with Crippen LogP contribution >= 0.6 is 11.6 Å². The van der Waals surface area contributed by atoms with E-state index in [0.29, 0.717) is 11.6 Å². The van der Waals surface area contributed by atoms with Gasteiger partial charge in [0.15, 0.2) is 0 Å². The minimum Gasteiger partial charge on any atom is -0.392 e. The van der Waals surface area contributed by atoms with Crippen LogP contribution in [0.25, 0.3) is 0 Å². The Hall–Kier alpha value is -1.26. The van der Waals surface area contributed by atoms with E-state index in [4.69, 9.17) is 16.7 Å². The van der Waals surface area contributed by atoms with Crippen LogP contribution in [0.2, 0.25) is 5.02 Å². The lowest BCUT2D eigenvalue weighted by atomic mass is 10.2. The number of hydrogen-bond acceptors (Lipinski definition) is 3. The first-order chi connectivity index (χ1) is 8.08. The summed E-state index contributed by atoms with van der Waals surface area (Å²) < 4.78 is 0. The third-order valence-electron chi connectivity index (χ3n) is 2.36. The average molecular weight is 257 g/mol. The smallest absolute Gasteiger partial charge is 0.239 e. The van der Waals surface area contributed by atoms with Crippen molar-refractivity contribution in [2.45, 2.75) is 13.5 Å². The zero-order chi connectivity index (χ0) is 12.8. The maximum Gasteiger partial charge on any atom is 0.239 e. The van der Waals surface area contributed by atoms with Gasteiger partial charge < -0.3 is 15.3 Å². The number of benzene rings is 1. The molecule has 0 fully saturated rings. The van der Waals surface area contributed by atoms with Gasteiger partial charge in [-0.25, -0.2) is 0 Å². The van der Waals surface area contributed by atoms with Crippen molar-refractivity contribution in [2.24, 2.45) is 0 Å². The van der Waals surface area contributed by atoms with Gasteiger partial charge in [0.2, 0.25) is 5.91 Å². The molecule has 0 atom stereocenters. The van der Waals surface area contributed by atoms with Crippen molar-refractivity contribution < 1.29 is 9.90 Å². The summed E-state index contributed by atoms with van der Waals surface area (Å²) in [4.78, 5) is 13.2. The number of nitrogens with zero attached hydrogens (tertiary/aromatic N) is 1. The maximum atomic E-state index is 11.4. The second-order valence-electron chi connectivity index (χ2n) is 3.75. The highest BCUT2D eigenvalue weighted by Crippen LogP contribution is 2.25. The summed E-state index contributed by atoms with van der Waals surface area (Å²) in [6.07, 6.45) is 0. The number of carbonyl (C=O) groups excluding carboxylic acids is 1. The molecule has 1 rings (SSSR count). The molecule has 2 N–H and O–H groups in total. The monoisotopic (exact) mass is 256 g/mol. The second-order valence-corrected chi connectivity index (χ2v) is 4.16. The molecule has 0 saturated heterocycles. The van der Waals surface area contributed by atoms with Gasteiger partial charge in [-0.15, -0.1) is 0 Å². The zero-order valence-electron chi connectivity index (χ0n) is 10.0. The van der Waals surface area contributed by atoms with Crippen LogP contribution in [-0.4, -0.2) is 31.2 Å². The lowest BCUT2D eigenvalue weighted by molar-refractivity contribution is -0.119. The molecule has 0 aliphatic heterocycles. The maximum absolute atomic E-state index is 11.4. The molecule has 0 aliphatic rings. The molecule has 17 heavy (non-hydrogen) atoms. The summed E-state index contributed by atoms with van der Waals surface area (Å²) in [5.41, 5.74) is 1.53. The van der Waals surface area contributed by atoms with Gasteiger partial charge in [0.1, 0.15) is 0 Å². The highest BCUT2D eigenvalue weighted by atomic mass is 35.5. The van der Waals surface area contributed by atoms with Crippen LogP contribution in [0.3, 0.4) is 0 Å². The van der Waals surface area contributed by atoms with E-state index < -0.39 is 0 Å². The Morgan fingerprint density at radius 3 is 2.76 bits per heavy atom. The van der Waals surface area contributed by atoms with E-state index in [1.165, 1.54) is 0 Å². The van der Waals surface area contributed by atoms with Gasteiger partial charge in [-0.05, 0) is 24.6 Å². The number of aliphatic hydroxyl groups excluding tert-OH is 1. The lowest BCUT2D eigenvalue weighted by Gasteiger charge is -2.20. The van der Waals surface area contributed by atoms with E-state index in [1.807, 2.05) is 6.92 Å². The van der Waals surface area contributed by atoms with Gasteiger partial charge >= 0.3 is 0 Å². The summed E-state index contributed by atoms with van der Waals surface area (Å²) in [6.45, 7) is 2.71. The topological polar surface area (TPSA) is 52.6 Å². The number of anilines is 1. The molecular formula is C12H17ClN2O2. The second kappa shape index (κ2) is 6.47. The first kappa shape index (κ1) is 13.8. The molecule has 4 nitrogen and oxygen atoms in total. The molecule has 0 radical (unpaired) electrons. The number of rotatable bonds is 5. The summed E-state index contributed by atoms with van der Waals surface area (Å²) in [5.74, 6) is -0.0442. The standard InChI is InChI=1S/C12H17ClN2O2/c1-3-14-12(17)7-15(2)11-5-4-9(8-16)6-10(11)13/h4-6,16H,3,7-8H2,1-2H3,(H,14,17). The predicted octanol–water partition coefficient (Wildman–Crippen LogP) is 1.40. The SMILES string of the molecule is CCNC(=O)CN(C)c1ccc(CO)cc1Cl. The molecule has 0 aromatic heterocycles. The number of hydrogen-bond donors (Lipinski definition) is 2. The van der Waals surface area contributed by atoms with Gasteiger partial charge in [-0.1, -0.05) is 17.7 Å². The van der Waals surface area contributed by atoms with E-state index in [0.717, 1.165) is 11.3 Å². The molecular weight excluding hydrogens is 240 g/mol. The van der Waals surface area contributed by atoms with Crippen LogP contribution < -0.4 is 10.2 Å². The Morgan fingerprint density at radius 1 is 1.53 bits per heavy atom. The highest BCUT2D eigenvalue weighted by Gasteiger charge is 2.10. The van der Waals surface area contributed by atoms with Gasteiger partial charge in [0.05, 0.1) is 23.9 Å². The molecule has 1 aromatic carbocycles. The van der Waals surface area contributed by atoms with Crippen LogP contribution in [0.1, 0.15) is 12.5 Å². The molecule has 1 aromatic rings. The van der Waals surface area contributed by atoms with Gasteiger partial charge in [-0.3, -0.25) is 4.79 Å². The van der Waals surface area contributed by atoms with Crippen molar-refractivity contribution >= 4 is 23.2 Å². The van der Waals surface area contributed by atoms with Gasteiger partial charge in [0.25, 0.3) is 0 Å². The van der Waals surface area contributed by atoms with Crippen molar-refractivity contribution in [1.29, 1.82) is 0 Å². The number of nitrogens with one attached hydrogen (secondary N) is 1. The summed E-state index contributed by atoms with van der Waals surface area (Å²) in [6, 6.07) is 5.29. The first-order valence-corrected chi connectivity index (χ1v) is 5.83. The quantitative estimate of drug-likeness (QED) is 0.838. The van der Waals surface area contributed by atoms with Crippen LogP contribution in [0.5, 0.6) is 0 Å². The molecule has 0 saturated carbocycles. The summed E-state index contributed by atoms with van der Waals surface area (Å²) in [5, 5.41) is 12.2. The van der Waals surface area contributed by atoms with E-state index in [9.17, 15) is 4.79 Å². The Labute approximate surface area is 106 Å². The Kier molecular flexibility index (Phi) is 5.25. The third kappa shape index (κ3) is 3.91. The van der Waals surface area contributed by atoms with Crippen molar-refractivity contribution in [3.05, 3.63) is 28.8 Å². The molecule has 0 aliphatic carbocycles. The fraction of sp³-hybridized carbons (Fsp3) is 0.417. The molecule has 0 bridgehead atoms. The van der Waals surface area contributed by atoms with Gasteiger partial charge in [0, 0.05) is 13.6 Å². The van der Waals surface area contributed by atoms with Crippen molar-refractivity contribution in [1.82, 2.24) is 5.32 Å². The summed E-state index contributed by atoms with van der Waals surface area (Å²) in [7, 11) is 1.80. The lowest BCUT2D eigenvalue weighted by Crippen LogP contribution is -2.35. The van der Waals surface area contributed by atoms with E-state index in [1.54, 1.807) is 30.1 Å². The van der Waals surface area contributed by atoms with E-state index in [2.05, 4.69) is 5.32 Å². The van der Waals surface area contributed by atoms with Crippen LogP contribution in [0.4, 0.5) is 5.69 Å². The van der Waals surface area contributed by atoms with Gasteiger partial charge in [-0.2, -0.15) is 0 Å². The number of likely N-dealkylation sites (N-methyl/N-ethyl adjacent to an activating group) is 2. The molecule has 0 unspecified atom stereocenters. The van der Waals surface area contributed by atoms with E-state index in [-0.39, 0.29) is 19.1 Å². The Morgan fingerprint density at radius 2 is 2.24 bits per heavy atom. The fourth-order valence-corrected chi connectivity index (χ4v) is 1.86. The average Bonchev–Trinajstić information content (AvgIpc) is 2.28. The minimum absolute atomic E-state index is 0.0416. The number of amides is 1. The van der Waals surface area contributed by atoms with Crippen LogP contribution in [0, 0.1) is 0 Å². The third-order valence-corrected chi connectivity index (χ3v) is 2.66. The summed E-state index contributed by atoms with van der Waals surface area (Å²) >= 11 is 6.08. The van der Waals surface area contributed by atoms with Crippen molar-refractivity contribution in [2.75, 3.05) is 25.0 Å². The Balaban J connectivity index is 2.75. The first-order valence-electron chi connectivity index (χ1n) is 5.45. The number of halogens is 1. The van der Waals surface area contributed by atoms with Crippen molar-refractivity contribution in [3.63, 3.8) is 0 Å². The number of carbonyl (C=O) groups is 1. The highest BCUT2D eigenvalue weighted by molar-refractivity contribution is 6.33. The largest absolute Gasteiger partial charge is 0.392 e. The minimum atomic E-state index is -0.0442. The van der Waals surface area contributed by atoms with Crippen LogP contribution in [-0.2, 0) is 11.4 Å². The predicted molar refractivity (Wildman–Crippen MR) is 69.3 cm³/mol.